The summed E-state index contributed by atoms with van der Waals surface area (Å²) in [5, 5.41) is 15.3. The topological polar surface area (TPSA) is 88.2 Å². The molecule has 5 nitrogen and oxygen atoms in total. The largest absolute Gasteiger partial charge is 0.388 e. The minimum absolute atomic E-state index is 0.276. The summed E-state index contributed by atoms with van der Waals surface area (Å²) in [5.74, 6) is -0.276. The molecule has 1 rings (SSSR count). The first-order chi connectivity index (χ1) is 8.17. The van der Waals surface area contributed by atoms with Crippen molar-refractivity contribution in [1.29, 1.82) is 0 Å². The van der Waals surface area contributed by atoms with Crippen molar-refractivity contribution in [3.05, 3.63) is 16.1 Å². The minimum atomic E-state index is -1.02. The molecule has 6 heteroatoms. The summed E-state index contributed by atoms with van der Waals surface area (Å²) in [6, 6.07) is 0. The maximum atomic E-state index is 12.0. The second kappa shape index (κ2) is 5.34. The number of nitrogens with two attached hydrogens (primary N) is 1. The third kappa shape index (κ3) is 3.51. The van der Waals surface area contributed by atoms with Crippen LogP contribution in [0.4, 0.5) is 0 Å². The van der Waals surface area contributed by atoms with E-state index in [1.165, 1.54) is 11.3 Å². The van der Waals surface area contributed by atoms with Crippen LogP contribution < -0.4 is 11.1 Å². The summed E-state index contributed by atoms with van der Waals surface area (Å²) >= 11 is 1.42. The quantitative estimate of drug-likeness (QED) is 0.743. The number of aromatic nitrogens is 1. The van der Waals surface area contributed by atoms with E-state index in [1.54, 1.807) is 33.1 Å². The van der Waals surface area contributed by atoms with Crippen LogP contribution in [0.25, 0.3) is 0 Å². The zero-order valence-electron chi connectivity index (χ0n) is 11.3. The lowest BCUT2D eigenvalue weighted by atomic mass is 9.86. The molecule has 102 valence electrons. The molecule has 0 aliphatic heterocycles. The van der Waals surface area contributed by atoms with E-state index < -0.39 is 11.1 Å². The Morgan fingerprint density at radius 3 is 2.61 bits per heavy atom. The van der Waals surface area contributed by atoms with Crippen molar-refractivity contribution in [2.75, 3.05) is 6.54 Å². The van der Waals surface area contributed by atoms with E-state index in [9.17, 15) is 9.90 Å². The van der Waals surface area contributed by atoms with E-state index in [-0.39, 0.29) is 5.91 Å². The van der Waals surface area contributed by atoms with Crippen LogP contribution >= 0.6 is 11.3 Å². The summed E-state index contributed by atoms with van der Waals surface area (Å²) in [4.78, 5) is 16.2. The first-order valence-electron chi connectivity index (χ1n) is 5.87. The van der Waals surface area contributed by atoms with Gasteiger partial charge in [0.15, 0.2) is 0 Å². The molecule has 0 saturated heterocycles. The normalized spacial score (nSPS) is 12.6. The monoisotopic (exact) mass is 271 g/mol. The van der Waals surface area contributed by atoms with Crippen LogP contribution in [0, 0.1) is 0 Å². The predicted octanol–water partition coefficient (Wildman–Crippen LogP) is 0.924. The Labute approximate surface area is 111 Å². The Hall–Kier alpha value is -0.980. The molecule has 0 aromatic carbocycles. The zero-order chi connectivity index (χ0) is 14.0. The SMILES string of the molecule is CC(C)(O)C(C)(C)NC(=O)c1csc(CCN)n1. The number of aliphatic hydroxyl groups is 1. The van der Waals surface area contributed by atoms with Crippen molar-refractivity contribution in [1.82, 2.24) is 10.3 Å². The second-order valence-corrected chi connectivity index (χ2v) is 6.25. The van der Waals surface area contributed by atoms with Crippen LogP contribution in [0.1, 0.15) is 43.2 Å². The average Bonchev–Trinajstić information content (AvgIpc) is 2.64. The third-order valence-corrected chi connectivity index (χ3v) is 4.01. The first-order valence-corrected chi connectivity index (χ1v) is 6.74. The lowest BCUT2D eigenvalue weighted by Gasteiger charge is -2.37. The molecule has 0 aliphatic carbocycles. The van der Waals surface area contributed by atoms with Gasteiger partial charge >= 0.3 is 0 Å². The fourth-order valence-electron chi connectivity index (χ4n) is 1.15. The minimum Gasteiger partial charge on any atom is -0.388 e. The fraction of sp³-hybridized carbons (Fsp3) is 0.667. The second-order valence-electron chi connectivity index (χ2n) is 5.30. The molecule has 0 bridgehead atoms. The Balaban J connectivity index is 2.76. The van der Waals surface area contributed by atoms with E-state index >= 15 is 0 Å². The number of amides is 1. The van der Waals surface area contributed by atoms with Crippen LogP contribution in [-0.4, -0.2) is 33.7 Å². The van der Waals surface area contributed by atoms with E-state index in [1.807, 2.05) is 0 Å². The Kier molecular flexibility index (Phi) is 4.47. The first kappa shape index (κ1) is 15.1. The summed E-state index contributed by atoms with van der Waals surface area (Å²) in [6.07, 6.45) is 0.673. The molecule has 1 aromatic rings. The lowest BCUT2D eigenvalue weighted by molar-refractivity contribution is -0.00301. The van der Waals surface area contributed by atoms with E-state index in [0.29, 0.717) is 18.7 Å². The average molecular weight is 271 g/mol. The van der Waals surface area contributed by atoms with Crippen LogP contribution in [0.3, 0.4) is 0 Å². The van der Waals surface area contributed by atoms with Gasteiger partial charge in [-0.1, -0.05) is 0 Å². The molecule has 0 saturated carbocycles. The van der Waals surface area contributed by atoms with Crippen molar-refractivity contribution >= 4 is 17.2 Å². The number of nitrogens with zero attached hydrogens (tertiary/aromatic N) is 1. The number of nitrogens with one attached hydrogen (secondary N) is 1. The Morgan fingerprint density at radius 1 is 1.50 bits per heavy atom. The van der Waals surface area contributed by atoms with Crippen LogP contribution in [0.5, 0.6) is 0 Å². The smallest absolute Gasteiger partial charge is 0.271 e. The molecular formula is C12H21N3O2S. The van der Waals surface area contributed by atoms with E-state index in [2.05, 4.69) is 10.3 Å². The highest BCUT2D eigenvalue weighted by Crippen LogP contribution is 2.21. The number of hydrogen-bond acceptors (Lipinski definition) is 5. The molecule has 0 aliphatic rings. The Bertz CT molecular complexity index is 421. The summed E-state index contributed by atoms with van der Waals surface area (Å²) in [6.45, 7) is 7.39. The fourth-order valence-corrected chi connectivity index (χ4v) is 1.95. The highest BCUT2D eigenvalue weighted by atomic mass is 32.1. The number of hydrogen-bond donors (Lipinski definition) is 3. The highest BCUT2D eigenvalue weighted by molar-refractivity contribution is 7.09. The van der Waals surface area contributed by atoms with Gasteiger partial charge in [0, 0.05) is 11.8 Å². The lowest BCUT2D eigenvalue weighted by Crippen LogP contribution is -2.57. The molecule has 4 N–H and O–H groups in total. The molecule has 1 heterocycles. The van der Waals surface area contributed by atoms with Gasteiger partial charge in [0.25, 0.3) is 5.91 Å². The van der Waals surface area contributed by atoms with Gasteiger partial charge in [-0.05, 0) is 34.2 Å². The number of carbonyl (C=O) groups excluding carboxylic acids is 1. The van der Waals surface area contributed by atoms with Gasteiger partial charge in [0.1, 0.15) is 5.69 Å². The zero-order valence-corrected chi connectivity index (χ0v) is 12.1. The summed E-state index contributed by atoms with van der Waals surface area (Å²) < 4.78 is 0. The van der Waals surface area contributed by atoms with Gasteiger partial charge in [0.05, 0.1) is 16.1 Å². The summed E-state index contributed by atoms with van der Waals surface area (Å²) in [5.41, 5.74) is 4.06. The maximum Gasteiger partial charge on any atom is 0.271 e. The standard InChI is InChI=1S/C12H21N3O2S/c1-11(2,12(3,4)17)15-10(16)8-7-18-9(14-8)5-6-13/h7,17H,5-6,13H2,1-4H3,(H,15,16). The summed E-state index contributed by atoms with van der Waals surface area (Å²) in [7, 11) is 0. The van der Waals surface area contributed by atoms with Gasteiger partial charge in [0.2, 0.25) is 0 Å². The molecule has 0 radical (unpaired) electrons. The van der Waals surface area contributed by atoms with E-state index in [0.717, 1.165) is 5.01 Å². The van der Waals surface area contributed by atoms with Crippen molar-refractivity contribution in [3.8, 4) is 0 Å². The van der Waals surface area contributed by atoms with E-state index in [4.69, 9.17) is 5.73 Å². The van der Waals surface area contributed by atoms with Crippen LogP contribution in [-0.2, 0) is 6.42 Å². The molecule has 1 amide bonds. The molecule has 18 heavy (non-hydrogen) atoms. The molecule has 0 unspecified atom stereocenters. The van der Waals surface area contributed by atoms with Gasteiger partial charge < -0.3 is 16.2 Å². The van der Waals surface area contributed by atoms with Crippen molar-refractivity contribution in [2.45, 2.75) is 45.3 Å². The molecule has 0 atom stereocenters. The molecule has 1 aromatic heterocycles. The van der Waals surface area contributed by atoms with Crippen LogP contribution in [0.15, 0.2) is 5.38 Å². The number of thiazole rings is 1. The third-order valence-electron chi connectivity index (χ3n) is 3.10. The molecular weight excluding hydrogens is 250 g/mol. The predicted molar refractivity (Wildman–Crippen MR) is 72.7 cm³/mol. The van der Waals surface area contributed by atoms with Crippen molar-refractivity contribution in [2.24, 2.45) is 5.73 Å². The number of rotatable bonds is 5. The number of carbonyl (C=O) groups is 1. The van der Waals surface area contributed by atoms with Gasteiger partial charge in [-0.15, -0.1) is 11.3 Å². The van der Waals surface area contributed by atoms with Gasteiger partial charge in [-0.2, -0.15) is 0 Å². The molecule has 0 spiro atoms. The maximum absolute atomic E-state index is 12.0. The highest BCUT2D eigenvalue weighted by Gasteiger charge is 2.36. The Morgan fingerprint density at radius 2 is 2.11 bits per heavy atom. The van der Waals surface area contributed by atoms with Crippen molar-refractivity contribution in [3.63, 3.8) is 0 Å². The molecule has 0 fully saturated rings. The van der Waals surface area contributed by atoms with Gasteiger partial charge in [-0.3, -0.25) is 4.79 Å². The van der Waals surface area contributed by atoms with Crippen molar-refractivity contribution < 1.29 is 9.90 Å². The van der Waals surface area contributed by atoms with Crippen LogP contribution in [0.2, 0.25) is 0 Å². The van der Waals surface area contributed by atoms with Gasteiger partial charge in [-0.25, -0.2) is 4.98 Å².